The second kappa shape index (κ2) is 39.7. The van der Waals surface area contributed by atoms with E-state index in [4.69, 9.17) is 19.3 Å². The second-order valence-electron chi connectivity index (χ2n) is 14.1. The van der Waals surface area contributed by atoms with Crippen molar-refractivity contribution in [2.75, 3.05) is 13.2 Å². The monoisotopic (exact) mass is 793 g/mol. The van der Waals surface area contributed by atoms with Gasteiger partial charge < -0.3 is 24.4 Å². The van der Waals surface area contributed by atoms with E-state index in [-0.39, 0.29) is 19.4 Å². The first kappa shape index (κ1) is 52.5. The molecule has 1 unspecified atom stereocenters. The maximum Gasteiger partial charge on any atom is 0.469 e. The van der Waals surface area contributed by atoms with Crippen molar-refractivity contribution in [3.8, 4) is 0 Å². The van der Waals surface area contributed by atoms with Gasteiger partial charge in [-0.25, -0.2) is 4.57 Å². The summed E-state index contributed by atoms with van der Waals surface area (Å²) in [6, 6.07) is 0. The Kier molecular flexibility index (Phi) is 37.8. The number of ether oxygens (including phenoxy) is 2. The highest BCUT2D eigenvalue weighted by atomic mass is 31.2. The average Bonchev–Trinajstić information content (AvgIpc) is 3.15. The van der Waals surface area contributed by atoms with Gasteiger partial charge in [-0.3, -0.25) is 14.1 Å². The zero-order valence-electron chi connectivity index (χ0n) is 34.4. The highest BCUT2D eigenvalue weighted by molar-refractivity contribution is 7.46. The number of aliphatic hydroxyl groups is 1. The molecule has 0 rings (SSSR count). The zero-order chi connectivity index (χ0) is 40.5. The molecule has 0 saturated heterocycles. The summed E-state index contributed by atoms with van der Waals surface area (Å²) in [4.78, 5) is 42.8. The maximum atomic E-state index is 12.4. The smallest absolute Gasteiger partial charge is 0.462 e. The van der Waals surface area contributed by atoms with Crippen molar-refractivity contribution in [3.63, 3.8) is 0 Å². The number of carbonyl (C=O) groups is 2. The third-order valence-corrected chi connectivity index (χ3v) is 9.27. The van der Waals surface area contributed by atoms with Crippen molar-refractivity contribution < 1.29 is 43.0 Å². The van der Waals surface area contributed by atoms with Gasteiger partial charge in [0.05, 0.1) is 12.7 Å². The van der Waals surface area contributed by atoms with E-state index in [0.29, 0.717) is 25.7 Å². The van der Waals surface area contributed by atoms with Crippen LogP contribution in [0.5, 0.6) is 0 Å². The van der Waals surface area contributed by atoms with E-state index in [9.17, 15) is 19.3 Å². The molecule has 0 aliphatic heterocycles. The van der Waals surface area contributed by atoms with Gasteiger partial charge in [0.25, 0.3) is 0 Å². The number of esters is 2. The Morgan fingerprint density at radius 1 is 0.582 bits per heavy atom. The number of rotatable bonds is 38. The summed E-state index contributed by atoms with van der Waals surface area (Å²) < 4.78 is 26.3. The molecule has 0 fully saturated rings. The SMILES string of the molecule is CC/C=C\C(O)C/C=C/C=C\C/C=C\C/C=C\CCCC(=O)O[C@H](COC(=O)CCCCCCCCCCC/C=C\CCCCCCCC)COP(=O)(O)O. The summed E-state index contributed by atoms with van der Waals surface area (Å²) in [5, 5.41) is 9.74. The molecule has 0 bridgehead atoms. The minimum atomic E-state index is -4.78. The molecule has 3 N–H and O–H groups in total. The largest absolute Gasteiger partial charge is 0.469 e. The van der Waals surface area contributed by atoms with Gasteiger partial charge in [-0.1, -0.05) is 164 Å². The van der Waals surface area contributed by atoms with Crippen LogP contribution in [0, 0.1) is 0 Å². The summed E-state index contributed by atoms with van der Waals surface area (Å²) in [6.45, 7) is 3.39. The molecule has 9 nitrogen and oxygen atoms in total. The number of phosphoric ester groups is 1. The van der Waals surface area contributed by atoms with Crippen molar-refractivity contribution in [2.24, 2.45) is 0 Å². The van der Waals surface area contributed by atoms with Crippen molar-refractivity contribution in [1.82, 2.24) is 0 Å². The summed E-state index contributed by atoms with van der Waals surface area (Å²) in [5.74, 6) is -0.982. The molecule has 316 valence electrons. The summed E-state index contributed by atoms with van der Waals surface area (Å²) >= 11 is 0. The summed E-state index contributed by atoms with van der Waals surface area (Å²) in [7, 11) is -4.78. The molecule has 10 heteroatoms. The molecule has 0 saturated carbocycles. The number of carbonyl (C=O) groups excluding carboxylic acids is 2. The van der Waals surface area contributed by atoms with Gasteiger partial charge in [0, 0.05) is 12.8 Å². The number of aliphatic hydroxyl groups excluding tert-OH is 1. The highest BCUT2D eigenvalue weighted by Gasteiger charge is 2.22. The van der Waals surface area contributed by atoms with Gasteiger partial charge in [-0.2, -0.15) is 0 Å². The van der Waals surface area contributed by atoms with Crippen LogP contribution < -0.4 is 0 Å². The van der Waals surface area contributed by atoms with E-state index >= 15 is 0 Å². The van der Waals surface area contributed by atoms with Crippen LogP contribution >= 0.6 is 7.82 Å². The molecule has 0 spiro atoms. The Balaban J connectivity index is 4.04. The molecule has 0 aromatic carbocycles. The van der Waals surface area contributed by atoms with E-state index in [1.54, 1.807) is 0 Å². The Morgan fingerprint density at radius 2 is 1.09 bits per heavy atom. The highest BCUT2D eigenvalue weighted by Crippen LogP contribution is 2.36. The van der Waals surface area contributed by atoms with E-state index in [1.165, 1.54) is 83.5 Å². The fourth-order valence-electron chi connectivity index (χ4n) is 5.60. The summed E-state index contributed by atoms with van der Waals surface area (Å²) in [6.07, 6.45) is 48.3. The van der Waals surface area contributed by atoms with Crippen LogP contribution in [0.1, 0.15) is 174 Å². The van der Waals surface area contributed by atoms with Crippen LogP contribution in [0.2, 0.25) is 0 Å². The molecule has 55 heavy (non-hydrogen) atoms. The topological polar surface area (TPSA) is 140 Å². The molecule has 0 amide bonds. The predicted octanol–water partition coefficient (Wildman–Crippen LogP) is 12.0. The molecule has 0 radical (unpaired) electrons. The van der Waals surface area contributed by atoms with Gasteiger partial charge in [-0.15, -0.1) is 0 Å². The van der Waals surface area contributed by atoms with E-state index in [2.05, 4.69) is 35.8 Å². The van der Waals surface area contributed by atoms with Crippen molar-refractivity contribution >= 4 is 19.8 Å². The molecular weight excluding hydrogens is 715 g/mol. The van der Waals surface area contributed by atoms with Crippen LogP contribution in [0.3, 0.4) is 0 Å². The lowest BCUT2D eigenvalue weighted by Crippen LogP contribution is -2.29. The Morgan fingerprint density at radius 3 is 1.71 bits per heavy atom. The predicted molar refractivity (Wildman–Crippen MR) is 226 cm³/mol. The standard InChI is InChI=1S/C45H77O9P/c1-3-5-7-8-9-10-11-12-13-14-15-16-17-18-22-25-28-31-34-38-44(47)52-40-43(41-53-55(49,50)51)54-45(48)39-35-32-29-26-23-20-19-21-24-27-30-33-37-42(46)36-6-4-2/h6,12-13,19-20,24,26-27,29-30,33,36,42-43,46H,3-5,7-11,14-18,21-23,25,28,31-32,34-35,37-41H2,1-2H3,(H2,49,50,51)/b13-12-,20-19-,27-24-,29-26-,33-30+,36-6-/t42?,43-/m1/s1. The molecule has 0 heterocycles. The molecular formula is C45H77O9P. The van der Waals surface area contributed by atoms with Gasteiger partial charge in [0.15, 0.2) is 6.10 Å². The minimum Gasteiger partial charge on any atom is -0.462 e. The molecule has 0 aliphatic rings. The maximum absolute atomic E-state index is 12.4. The van der Waals surface area contributed by atoms with Crippen molar-refractivity contribution in [3.05, 3.63) is 72.9 Å². The Bertz CT molecular complexity index is 1140. The minimum absolute atomic E-state index is 0.113. The normalized spacial score (nSPS) is 13.8. The van der Waals surface area contributed by atoms with Crippen LogP contribution in [0.25, 0.3) is 0 Å². The fraction of sp³-hybridized carbons (Fsp3) is 0.689. The lowest BCUT2D eigenvalue weighted by molar-refractivity contribution is -0.161. The van der Waals surface area contributed by atoms with Crippen molar-refractivity contribution in [1.29, 1.82) is 0 Å². The molecule has 2 atom stereocenters. The summed E-state index contributed by atoms with van der Waals surface area (Å²) in [5.41, 5.74) is 0. The van der Waals surface area contributed by atoms with Gasteiger partial charge in [0.1, 0.15) is 6.61 Å². The first-order valence-electron chi connectivity index (χ1n) is 21.3. The van der Waals surface area contributed by atoms with Crippen LogP contribution in [-0.2, 0) is 28.2 Å². The van der Waals surface area contributed by atoms with Crippen LogP contribution in [0.4, 0.5) is 0 Å². The van der Waals surface area contributed by atoms with E-state index in [0.717, 1.165) is 38.5 Å². The quantitative estimate of drug-likeness (QED) is 0.0183. The van der Waals surface area contributed by atoms with Crippen molar-refractivity contribution in [2.45, 2.75) is 187 Å². The molecule has 0 aromatic rings. The van der Waals surface area contributed by atoms with Crippen LogP contribution in [-0.4, -0.2) is 52.3 Å². The van der Waals surface area contributed by atoms with Gasteiger partial charge >= 0.3 is 19.8 Å². The Labute approximate surface area is 334 Å². The number of unbranched alkanes of at least 4 members (excludes halogenated alkanes) is 16. The zero-order valence-corrected chi connectivity index (χ0v) is 35.3. The number of hydrogen-bond donors (Lipinski definition) is 3. The first-order chi connectivity index (χ1) is 26.7. The first-order valence-corrected chi connectivity index (χ1v) is 22.9. The fourth-order valence-corrected chi connectivity index (χ4v) is 5.96. The lowest BCUT2D eigenvalue weighted by atomic mass is 10.1. The third-order valence-electron chi connectivity index (χ3n) is 8.78. The molecule has 0 aromatic heterocycles. The Hall–Kier alpha value is -2.55. The second-order valence-corrected chi connectivity index (χ2v) is 15.4. The van der Waals surface area contributed by atoms with Crippen LogP contribution in [0.15, 0.2) is 72.9 Å². The van der Waals surface area contributed by atoms with Gasteiger partial charge in [0.2, 0.25) is 0 Å². The van der Waals surface area contributed by atoms with E-state index in [1.807, 2.05) is 55.5 Å². The third kappa shape index (κ3) is 42.4. The molecule has 0 aliphatic carbocycles. The number of hydrogen-bond acceptors (Lipinski definition) is 7. The average molecular weight is 793 g/mol. The number of phosphoric acid groups is 1. The van der Waals surface area contributed by atoms with E-state index < -0.39 is 38.6 Å². The lowest BCUT2D eigenvalue weighted by Gasteiger charge is -2.18. The number of allylic oxidation sites excluding steroid dienone is 10. The van der Waals surface area contributed by atoms with Gasteiger partial charge in [-0.05, 0) is 70.6 Å².